The molecule has 0 aliphatic carbocycles. The van der Waals surface area contributed by atoms with Crippen molar-refractivity contribution in [1.82, 2.24) is 20.1 Å². The molecule has 0 amide bonds. The molecule has 0 radical (unpaired) electrons. The zero-order valence-corrected chi connectivity index (χ0v) is 8.14. The van der Waals surface area contributed by atoms with Crippen LogP contribution in [0.15, 0.2) is 12.7 Å². The summed E-state index contributed by atoms with van der Waals surface area (Å²) >= 11 is 0. The van der Waals surface area contributed by atoms with Crippen molar-refractivity contribution >= 4 is 24.8 Å². The second-order valence-electron chi connectivity index (χ2n) is 2.52. The van der Waals surface area contributed by atoms with Crippen molar-refractivity contribution in [3.05, 3.63) is 12.7 Å². The molecule has 1 aromatic heterocycles. The molecule has 1 aromatic rings. The molecule has 1 atom stereocenters. The number of aromatic nitrogens is 3. The highest BCUT2D eigenvalue weighted by atomic mass is 35.5. The lowest BCUT2D eigenvalue weighted by molar-refractivity contribution is 0.489. The first kappa shape index (κ1) is 11.7. The summed E-state index contributed by atoms with van der Waals surface area (Å²) in [5.74, 6) is 0. The molecule has 1 aliphatic rings. The van der Waals surface area contributed by atoms with Gasteiger partial charge >= 0.3 is 0 Å². The van der Waals surface area contributed by atoms with Crippen molar-refractivity contribution in [2.45, 2.75) is 12.5 Å². The summed E-state index contributed by atoms with van der Waals surface area (Å²) in [5, 5.41) is 7.34. The predicted molar refractivity (Wildman–Crippen MR) is 51.0 cm³/mol. The highest BCUT2D eigenvalue weighted by Crippen LogP contribution is 2.11. The lowest BCUT2D eigenvalue weighted by atomic mass is 10.3. The maximum atomic E-state index is 4.06. The smallest absolute Gasteiger partial charge is 0.137 e. The molecule has 1 N–H and O–H groups in total. The first-order valence-electron chi connectivity index (χ1n) is 3.51. The minimum Gasteiger partial charge on any atom is -0.315 e. The summed E-state index contributed by atoms with van der Waals surface area (Å²) in [6.45, 7) is 2.13. The zero-order valence-electron chi connectivity index (χ0n) is 6.51. The molecule has 2 heterocycles. The van der Waals surface area contributed by atoms with E-state index < -0.39 is 0 Å². The van der Waals surface area contributed by atoms with Crippen molar-refractivity contribution in [3.63, 3.8) is 0 Å². The van der Waals surface area contributed by atoms with E-state index in [0.717, 1.165) is 13.1 Å². The van der Waals surface area contributed by atoms with Crippen LogP contribution in [0.3, 0.4) is 0 Å². The van der Waals surface area contributed by atoms with Crippen molar-refractivity contribution < 1.29 is 0 Å². The normalized spacial score (nSPS) is 21.2. The Morgan fingerprint density at radius 3 is 2.75 bits per heavy atom. The monoisotopic (exact) mass is 210 g/mol. The Morgan fingerprint density at radius 1 is 1.42 bits per heavy atom. The molecular weight excluding hydrogens is 199 g/mol. The summed E-state index contributed by atoms with van der Waals surface area (Å²) in [5.41, 5.74) is 0. The van der Waals surface area contributed by atoms with Crippen LogP contribution in [0.25, 0.3) is 0 Å². The highest BCUT2D eigenvalue weighted by Gasteiger charge is 2.15. The van der Waals surface area contributed by atoms with Gasteiger partial charge in [-0.25, -0.2) is 9.67 Å². The Morgan fingerprint density at radius 2 is 2.25 bits per heavy atom. The van der Waals surface area contributed by atoms with Gasteiger partial charge in [-0.3, -0.25) is 0 Å². The van der Waals surface area contributed by atoms with Crippen molar-refractivity contribution in [2.75, 3.05) is 13.1 Å². The molecule has 0 aromatic carbocycles. The number of rotatable bonds is 1. The van der Waals surface area contributed by atoms with Gasteiger partial charge in [0, 0.05) is 6.54 Å². The summed E-state index contributed by atoms with van der Waals surface area (Å²) < 4.78 is 1.92. The summed E-state index contributed by atoms with van der Waals surface area (Å²) in [6.07, 6.45) is 4.53. The quantitative estimate of drug-likeness (QED) is 0.741. The van der Waals surface area contributed by atoms with Crippen LogP contribution in [0.2, 0.25) is 0 Å². The maximum absolute atomic E-state index is 4.06. The average Bonchev–Trinajstić information content (AvgIpc) is 2.59. The fourth-order valence-corrected chi connectivity index (χ4v) is 1.27. The van der Waals surface area contributed by atoms with Gasteiger partial charge in [0.25, 0.3) is 0 Å². The van der Waals surface area contributed by atoms with Gasteiger partial charge in [-0.1, -0.05) is 0 Å². The second kappa shape index (κ2) is 5.35. The second-order valence-corrected chi connectivity index (χ2v) is 2.52. The van der Waals surface area contributed by atoms with Crippen LogP contribution in [0.1, 0.15) is 12.5 Å². The van der Waals surface area contributed by atoms with E-state index in [4.69, 9.17) is 0 Å². The molecule has 1 aliphatic heterocycles. The van der Waals surface area contributed by atoms with Gasteiger partial charge in [0.05, 0.1) is 6.04 Å². The molecule has 0 saturated carbocycles. The van der Waals surface area contributed by atoms with E-state index in [0.29, 0.717) is 6.04 Å². The number of nitrogens with one attached hydrogen (secondary N) is 1. The minimum atomic E-state index is 0. The van der Waals surface area contributed by atoms with E-state index in [1.807, 2.05) is 4.68 Å². The molecule has 1 fully saturated rings. The maximum Gasteiger partial charge on any atom is 0.137 e. The van der Waals surface area contributed by atoms with E-state index in [9.17, 15) is 0 Å². The Labute approximate surface area is 83.6 Å². The molecule has 1 saturated heterocycles. The largest absolute Gasteiger partial charge is 0.315 e. The predicted octanol–water partition coefficient (Wildman–Crippen LogP) is 0.656. The van der Waals surface area contributed by atoms with Crippen molar-refractivity contribution in [2.24, 2.45) is 0 Å². The first-order chi connectivity index (χ1) is 4.97. The van der Waals surface area contributed by atoms with Gasteiger partial charge in [-0.2, -0.15) is 5.10 Å². The lowest BCUT2D eigenvalue weighted by Crippen LogP contribution is -2.13. The molecule has 0 bridgehead atoms. The summed E-state index contributed by atoms with van der Waals surface area (Å²) in [7, 11) is 0. The Hall–Kier alpha value is -0.320. The van der Waals surface area contributed by atoms with Crippen molar-refractivity contribution in [1.29, 1.82) is 0 Å². The number of hydrogen-bond acceptors (Lipinski definition) is 3. The van der Waals surface area contributed by atoms with Gasteiger partial charge < -0.3 is 5.32 Å². The van der Waals surface area contributed by atoms with Crippen LogP contribution in [-0.2, 0) is 0 Å². The molecule has 4 nitrogen and oxygen atoms in total. The Kier molecular flexibility index (Phi) is 5.20. The molecule has 2 rings (SSSR count). The van der Waals surface area contributed by atoms with E-state index >= 15 is 0 Å². The molecular formula is C6H12Cl2N4. The first-order valence-corrected chi connectivity index (χ1v) is 3.51. The van der Waals surface area contributed by atoms with E-state index in [1.54, 1.807) is 12.7 Å². The number of nitrogens with zero attached hydrogens (tertiary/aromatic N) is 3. The van der Waals surface area contributed by atoms with Crippen LogP contribution in [0, 0.1) is 0 Å². The fourth-order valence-electron chi connectivity index (χ4n) is 1.27. The molecule has 0 unspecified atom stereocenters. The molecule has 0 spiro atoms. The molecule has 12 heavy (non-hydrogen) atoms. The summed E-state index contributed by atoms with van der Waals surface area (Å²) in [4.78, 5) is 3.89. The van der Waals surface area contributed by atoms with Crippen LogP contribution in [0.5, 0.6) is 0 Å². The zero-order chi connectivity index (χ0) is 6.81. The van der Waals surface area contributed by atoms with Gasteiger partial charge in [0.2, 0.25) is 0 Å². The van der Waals surface area contributed by atoms with Crippen LogP contribution in [0.4, 0.5) is 0 Å². The molecule has 6 heteroatoms. The number of halogens is 2. The lowest BCUT2D eigenvalue weighted by Gasteiger charge is -2.05. The van der Waals surface area contributed by atoms with Gasteiger partial charge in [0.1, 0.15) is 12.7 Å². The van der Waals surface area contributed by atoms with Crippen LogP contribution >= 0.6 is 24.8 Å². The number of hydrogen-bond donors (Lipinski definition) is 1. The van der Waals surface area contributed by atoms with Gasteiger partial charge in [-0.15, -0.1) is 24.8 Å². The third-order valence-electron chi connectivity index (χ3n) is 1.85. The van der Waals surface area contributed by atoms with Gasteiger partial charge in [0.15, 0.2) is 0 Å². The average molecular weight is 211 g/mol. The Balaban J connectivity index is 0.000000605. The third kappa shape index (κ3) is 2.33. The Bertz CT molecular complexity index is 195. The van der Waals surface area contributed by atoms with E-state index in [-0.39, 0.29) is 24.8 Å². The van der Waals surface area contributed by atoms with E-state index in [1.165, 1.54) is 6.42 Å². The van der Waals surface area contributed by atoms with Crippen LogP contribution < -0.4 is 5.32 Å². The van der Waals surface area contributed by atoms with E-state index in [2.05, 4.69) is 15.4 Å². The highest BCUT2D eigenvalue weighted by molar-refractivity contribution is 5.85. The fraction of sp³-hybridized carbons (Fsp3) is 0.667. The summed E-state index contributed by atoms with van der Waals surface area (Å²) in [6, 6.07) is 0.530. The third-order valence-corrected chi connectivity index (χ3v) is 1.85. The molecule has 70 valence electrons. The standard InChI is InChI=1S/C6H10N4.2ClH/c1-2-7-3-6(1)10-5-8-4-9-10;;/h4-7H,1-3H2;2*1H/t6-;;/m0../s1. The van der Waals surface area contributed by atoms with Crippen LogP contribution in [-0.4, -0.2) is 27.9 Å². The minimum absolute atomic E-state index is 0. The topological polar surface area (TPSA) is 42.7 Å². The van der Waals surface area contributed by atoms with Gasteiger partial charge in [-0.05, 0) is 13.0 Å². The SMILES string of the molecule is Cl.Cl.c1ncn([C@H]2CCNC2)n1. The van der Waals surface area contributed by atoms with Crippen molar-refractivity contribution in [3.8, 4) is 0 Å².